The summed E-state index contributed by atoms with van der Waals surface area (Å²) in [5.74, 6) is 0.972. The molecule has 0 saturated heterocycles. The standard InChI is InChI=1S/C22H18N4/c1-15-8-2-4-10-18(15)24-22-21(25-20-12-6-7-13-26(20)22)17-14-23-19-11-5-3-9-16(17)19/h2-14,23-24H,1H3. The number of fused-ring (bicyclic) bond motifs is 2. The van der Waals surface area contributed by atoms with Crippen LogP contribution in [0.25, 0.3) is 27.8 Å². The third-order valence-corrected chi connectivity index (χ3v) is 4.77. The van der Waals surface area contributed by atoms with Gasteiger partial charge >= 0.3 is 0 Å². The van der Waals surface area contributed by atoms with Gasteiger partial charge in [-0.25, -0.2) is 4.98 Å². The van der Waals surface area contributed by atoms with E-state index in [-0.39, 0.29) is 0 Å². The number of para-hydroxylation sites is 2. The maximum atomic E-state index is 4.91. The predicted molar refractivity (Wildman–Crippen MR) is 107 cm³/mol. The maximum absolute atomic E-state index is 4.91. The summed E-state index contributed by atoms with van der Waals surface area (Å²) in [6.45, 7) is 2.11. The van der Waals surface area contributed by atoms with E-state index in [1.807, 2.05) is 42.7 Å². The van der Waals surface area contributed by atoms with E-state index in [1.54, 1.807) is 0 Å². The monoisotopic (exact) mass is 338 g/mol. The molecule has 2 N–H and O–H groups in total. The SMILES string of the molecule is Cc1ccccc1Nc1c(-c2c[nH]c3ccccc23)nc2ccccn12. The minimum Gasteiger partial charge on any atom is -0.360 e. The minimum atomic E-state index is 0.920. The summed E-state index contributed by atoms with van der Waals surface area (Å²) in [5.41, 5.74) is 6.35. The predicted octanol–water partition coefficient (Wildman–Crippen LogP) is 5.53. The van der Waals surface area contributed by atoms with Crippen molar-refractivity contribution >= 4 is 28.1 Å². The van der Waals surface area contributed by atoms with Gasteiger partial charge in [-0.1, -0.05) is 42.5 Å². The van der Waals surface area contributed by atoms with Crippen LogP contribution < -0.4 is 5.32 Å². The molecule has 5 aromatic rings. The van der Waals surface area contributed by atoms with Gasteiger partial charge in [-0.3, -0.25) is 4.40 Å². The van der Waals surface area contributed by atoms with Gasteiger partial charge in [0.1, 0.15) is 17.2 Å². The van der Waals surface area contributed by atoms with Gasteiger partial charge in [0.2, 0.25) is 0 Å². The molecule has 0 radical (unpaired) electrons. The first-order valence-corrected chi connectivity index (χ1v) is 8.67. The van der Waals surface area contributed by atoms with Crippen molar-refractivity contribution in [1.29, 1.82) is 0 Å². The van der Waals surface area contributed by atoms with E-state index in [0.717, 1.165) is 33.9 Å². The lowest BCUT2D eigenvalue weighted by molar-refractivity contribution is 1.18. The number of benzene rings is 2. The smallest absolute Gasteiger partial charge is 0.143 e. The van der Waals surface area contributed by atoms with Gasteiger partial charge in [0, 0.05) is 34.5 Å². The fourth-order valence-corrected chi connectivity index (χ4v) is 3.41. The number of rotatable bonds is 3. The molecule has 2 aromatic carbocycles. The molecule has 3 aromatic heterocycles. The highest BCUT2D eigenvalue weighted by Gasteiger charge is 2.17. The fraction of sp³-hybridized carbons (Fsp3) is 0.0455. The van der Waals surface area contributed by atoms with E-state index in [4.69, 9.17) is 4.98 Å². The molecule has 4 heteroatoms. The zero-order valence-corrected chi connectivity index (χ0v) is 14.4. The average Bonchev–Trinajstić information content (AvgIpc) is 3.25. The number of aryl methyl sites for hydroxylation is 1. The van der Waals surface area contributed by atoms with Crippen LogP contribution >= 0.6 is 0 Å². The zero-order chi connectivity index (χ0) is 17.5. The van der Waals surface area contributed by atoms with Gasteiger partial charge in [0.25, 0.3) is 0 Å². The summed E-state index contributed by atoms with van der Waals surface area (Å²) in [4.78, 5) is 8.27. The largest absolute Gasteiger partial charge is 0.360 e. The molecule has 0 aliphatic carbocycles. The molecule has 0 unspecified atom stereocenters. The number of nitrogens with one attached hydrogen (secondary N) is 2. The second-order valence-electron chi connectivity index (χ2n) is 6.43. The molecule has 0 bridgehead atoms. The Morgan fingerprint density at radius 2 is 1.73 bits per heavy atom. The molecule has 0 aliphatic heterocycles. The Hall–Kier alpha value is -3.53. The summed E-state index contributed by atoms with van der Waals surface area (Å²) in [5, 5.41) is 4.77. The van der Waals surface area contributed by atoms with Gasteiger partial charge in [-0.15, -0.1) is 0 Å². The number of anilines is 2. The van der Waals surface area contributed by atoms with Crippen LogP contribution in [0.1, 0.15) is 5.56 Å². The average molecular weight is 338 g/mol. The highest BCUT2D eigenvalue weighted by atomic mass is 15.1. The summed E-state index contributed by atoms with van der Waals surface area (Å²) < 4.78 is 2.10. The Bertz CT molecular complexity index is 1230. The van der Waals surface area contributed by atoms with Crippen LogP contribution in [-0.4, -0.2) is 14.4 Å². The lowest BCUT2D eigenvalue weighted by atomic mass is 10.1. The molecule has 0 saturated carbocycles. The molecule has 0 aliphatic rings. The maximum Gasteiger partial charge on any atom is 0.143 e. The Labute approximate surface area is 151 Å². The number of imidazole rings is 1. The molecule has 126 valence electrons. The third-order valence-electron chi connectivity index (χ3n) is 4.77. The molecule has 0 spiro atoms. The first kappa shape index (κ1) is 14.8. The summed E-state index contributed by atoms with van der Waals surface area (Å²) >= 11 is 0. The number of nitrogens with zero attached hydrogens (tertiary/aromatic N) is 2. The minimum absolute atomic E-state index is 0.920. The second-order valence-corrected chi connectivity index (χ2v) is 6.43. The van der Waals surface area contributed by atoms with Crippen molar-refractivity contribution in [3.63, 3.8) is 0 Å². The van der Waals surface area contributed by atoms with E-state index in [2.05, 4.69) is 58.0 Å². The van der Waals surface area contributed by atoms with Crippen LogP contribution in [0.15, 0.2) is 79.1 Å². The molecule has 26 heavy (non-hydrogen) atoms. The number of H-pyrrole nitrogens is 1. The normalized spacial score (nSPS) is 11.3. The van der Waals surface area contributed by atoms with Crippen LogP contribution in [-0.2, 0) is 0 Å². The Morgan fingerprint density at radius 3 is 2.65 bits per heavy atom. The van der Waals surface area contributed by atoms with Crippen molar-refractivity contribution in [3.05, 3.63) is 84.7 Å². The number of hydrogen-bond acceptors (Lipinski definition) is 2. The summed E-state index contributed by atoms with van der Waals surface area (Å²) in [6, 6.07) is 22.7. The highest BCUT2D eigenvalue weighted by Crippen LogP contribution is 2.35. The van der Waals surface area contributed by atoms with E-state index in [1.165, 1.54) is 10.9 Å². The lowest BCUT2D eigenvalue weighted by Crippen LogP contribution is -1.98. The summed E-state index contributed by atoms with van der Waals surface area (Å²) in [7, 11) is 0. The van der Waals surface area contributed by atoms with Crippen molar-refractivity contribution in [2.24, 2.45) is 0 Å². The molecular weight excluding hydrogens is 320 g/mol. The van der Waals surface area contributed by atoms with E-state index in [0.29, 0.717) is 0 Å². The Morgan fingerprint density at radius 1 is 0.923 bits per heavy atom. The topological polar surface area (TPSA) is 45.1 Å². The van der Waals surface area contributed by atoms with Crippen LogP contribution in [0.4, 0.5) is 11.5 Å². The van der Waals surface area contributed by atoms with Gasteiger partial charge in [0.05, 0.1) is 0 Å². The first-order chi connectivity index (χ1) is 12.8. The second kappa shape index (κ2) is 5.77. The number of hydrogen-bond donors (Lipinski definition) is 2. The highest BCUT2D eigenvalue weighted by molar-refractivity contribution is 5.98. The van der Waals surface area contributed by atoms with Gasteiger partial charge < -0.3 is 10.3 Å². The molecule has 0 fully saturated rings. The van der Waals surface area contributed by atoms with E-state index in [9.17, 15) is 0 Å². The quantitative estimate of drug-likeness (QED) is 0.454. The Kier molecular flexibility index (Phi) is 3.28. The van der Waals surface area contributed by atoms with Crippen molar-refractivity contribution in [3.8, 4) is 11.3 Å². The van der Waals surface area contributed by atoms with Crippen molar-refractivity contribution in [2.75, 3.05) is 5.32 Å². The molecule has 4 nitrogen and oxygen atoms in total. The molecule has 0 amide bonds. The van der Waals surface area contributed by atoms with Gasteiger partial charge in [-0.05, 0) is 36.8 Å². The lowest BCUT2D eigenvalue weighted by Gasteiger charge is -2.11. The zero-order valence-electron chi connectivity index (χ0n) is 14.4. The number of aromatic nitrogens is 3. The molecule has 3 heterocycles. The number of pyridine rings is 1. The third kappa shape index (κ3) is 2.27. The molecule has 5 rings (SSSR count). The molecular formula is C22H18N4. The van der Waals surface area contributed by atoms with Crippen LogP contribution in [0, 0.1) is 6.92 Å². The van der Waals surface area contributed by atoms with E-state index < -0.39 is 0 Å². The van der Waals surface area contributed by atoms with Crippen LogP contribution in [0.2, 0.25) is 0 Å². The summed E-state index contributed by atoms with van der Waals surface area (Å²) in [6.07, 6.45) is 4.08. The van der Waals surface area contributed by atoms with Crippen LogP contribution in [0.3, 0.4) is 0 Å². The van der Waals surface area contributed by atoms with Crippen molar-refractivity contribution < 1.29 is 0 Å². The fourth-order valence-electron chi connectivity index (χ4n) is 3.41. The van der Waals surface area contributed by atoms with E-state index >= 15 is 0 Å². The van der Waals surface area contributed by atoms with Gasteiger partial charge in [0.15, 0.2) is 0 Å². The van der Waals surface area contributed by atoms with Crippen molar-refractivity contribution in [1.82, 2.24) is 14.4 Å². The Balaban J connectivity index is 1.76. The van der Waals surface area contributed by atoms with Gasteiger partial charge in [-0.2, -0.15) is 0 Å². The first-order valence-electron chi connectivity index (χ1n) is 8.67. The molecule has 0 atom stereocenters. The van der Waals surface area contributed by atoms with Crippen LogP contribution in [0.5, 0.6) is 0 Å². The van der Waals surface area contributed by atoms with Crippen molar-refractivity contribution in [2.45, 2.75) is 6.92 Å². The number of aromatic amines is 1.